The van der Waals surface area contributed by atoms with E-state index in [9.17, 15) is 14.9 Å². The number of nitro groups is 1. The van der Waals surface area contributed by atoms with Crippen LogP contribution in [0.15, 0.2) is 16.4 Å². The third kappa shape index (κ3) is 4.60. The van der Waals surface area contributed by atoms with Crippen molar-refractivity contribution in [3.8, 4) is 0 Å². The van der Waals surface area contributed by atoms with Crippen LogP contribution in [0.25, 0.3) is 0 Å². The number of hydrogen-bond donors (Lipinski definition) is 2. The molecule has 0 aromatic rings. The zero-order chi connectivity index (χ0) is 13.4. The first-order chi connectivity index (χ1) is 7.95. The molecule has 17 heavy (non-hydrogen) atoms. The quantitative estimate of drug-likeness (QED) is 0.267. The van der Waals surface area contributed by atoms with E-state index < -0.39 is 22.2 Å². The number of hydrogen-bond acceptors (Lipinski definition) is 6. The lowest BCUT2D eigenvalue weighted by Gasteiger charge is -2.03. The van der Waals surface area contributed by atoms with E-state index in [1.807, 2.05) is 0 Å². The van der Waals surface area contributed by atoms with E-state index in [1.165, 1.54) is 7.11 Å². The summed E-state index contributed by atoms with van der Waals surface area (Å²) in [5, 5.41) is 10.8. The molecule has 0 aliphatic heterocycles. The SMILES string of the molecule is CCC(N)=C(C(=NCCOC)C(N)=O)[N+](=O)[O-]. The van der Waals surface area contributed by atoms with Gasteiger partial charge in [-0.2, -0.15) is 0 Å². The lowest BCUT2D eigenvalue weighted by Crippen LogP contribution is -2.31. The summed E-state index contributed by atoms with van der Waals surface area (Å²) >= 11 is 0. The summed E-state index contributed by atoms with van der Waals surface area (Å²) in [4.78, 5) is 24.9. The number of nitrogens with two attached hydrogens (primary N) is 2. The van der Waals surface area contributed by atoms with E-state index in [2.05, 4.69) is 4.99 Å². The maximum Gasteiger partial charge on any atom is 0.318 e. The van der Waals surface area contributed by atoms with Gasteiger partial charge in [0.05, 0.1) is 23.8 Å². The normalized spacial score (nSPS) is 13.2. The van der Waals surface area contributed by atoms with Gasteiger partial charge in [-0.3, -0.25) is 19.9 Å². The van der Waals surface area contributed by atoms with E-state index in [4.69, 9.17) is 16.2 Å². The molecule has 0 rings (SSSR count). The van der Waals surface area contributed by atoms with E-state index >= 15 is 0 Å². The van der Waals surface area contributed by atoms with E-state index in [-0.39, 0.29) is 25.3 Å². The summed E-state index contributed by atoms with van der Waals surface area (Å²) in [5.41, 5.74) is 9.53. The molecule has 0 atom stereocenters. The molecular weight excluding hydrogens is 228 g/mol. The molecule has 96 valence electrons. The first-order valence-corrected chi connectivity index (χ1v) is 4.92. The van der Waals surface area contributed by atoms with Crippen molar-refractivity contribution in [2.24, 2.45) is 16.5 Å². The number of nitrogens with zero attached hydrogens (tertiary/aromatic N) is 2. The topological polar surface area (TPSA) is 134 Å². The Morgan fingerprint density at radius 3 is 2.41 bits per heavy atom. The number of methoxy groups -OCH3 is 1. The molecule has 0 bridgehead atoms. The lowest BCUT2D eigenvalue weighted by molar-refractivity contribution is -0.416. The van der Waals surface area contributed by atoms with Crippen LogP contribution in [0, 0.1) is 10.1 Å². The second kappa shape index (κ2) is 7.34. The first-order valence-electron chi connectivity index (χ1n) is 4.92. The van der Waals surface area contributed by atoms with Crippen LogP contribution in [0.4, 0.5) is 0 Å². The van der Waals surface area contributed by atoms with Crippen molar-refractivity contribution in [2.75, 3.05) is 20.3 Å². The Bertz CT molecular complexity index is 362. The molecule has 4 N–H and O–H groups in total. The largest absolute Gasteiger partial charge is 0.396 e. The fourth-order valence-electron chi connectivity index (χ4n) is 1.04. The van der Waals surface area contributed by atoms with Gasteiger partial charge in [0.1, 0.15) is 0 Å². The van der Waals surface area contributed by atoms with Gasteiger partial charge in [0, 0.05) is 7.11 Å². The molecule has 0 aliphatic carbocycles. The van der Waals surface area contributed by atoms with Crippen molar-refractivity contribution in [2.45, 2.75) is 13.3 Å². The number of aliphatic imine (C=N–C) groups is 1. The third-order valence-corrected chi connectivity index (χ3v) is 1.89. The van der Waals surface area contributed by atoms with Crippen LogP contribution in [-0.4, -0.2) is 36.8 Å². The molecule has 0 aromatic heterocycles. The molecule has 0 aliphatic rings. The van der Waals surface area contributed by atoms with Crippen LogP contribution in [0.1, 0.15) is 13.3 Å². The Morgan fingerprint density at radius 2 is 2.06 bits per heavy atom. The molecule has 0 saturated carbocycles. The maximum atomic E-state index is 11.1. The van der Waals surface area contributed by atoms with Gasteiger partial charge < -0.3 is 16.2 Å². The molecule has 8 nitrogen and oxygen atoms in total. The van der Waals surface area contributed by atoms with E-state index in [1.54, 1.807) is 6.92 Å². The minimum absolute atomic E-state index is 0.0371. The Kier molecular flexibility index (Phi) is 6.49. The highest BCUT2D eigenvalue weighted by molar-refractivity contribution is 6.44. The zero-order valence-corrected chi connectivity index (χ0v) is 9.80. The molecular formula is C9H16N4O4. The van der Waals surface area contributed by atoms with Gasteiger partial charge in [0.15, 0.2) is 0 Å². The number of amides is 1. The number of carbonyl (C=O) groups excluding carboxylic acids is 1. The highest BCUT2D eigenvalue weighted by Gasteiger charge is 2.27. The van der Waals surface area contributed by atoms with Gasteiger partial charge in [-0.25, -0.2) is 0 Å². The van der Waals surface area contributed by atoms with Gasteiger partial charge in [0.25, 0.3) is 5.91 Å². The second-order valence-corrected chi connectivity index (χ2v) is 3.07. The average molecular weight is 244 g/mol. The molecule has 0 saturated heterocycles. The maximum absolute atomic E-state index is 11.1. The van der Waals surface area contributed by atoms with Crippen molar-refractivity contribution in [3.63, 3.8) is 0 Å². The molecule has 0 unspecified atom stereocenters. The summed E-state index contributed by atoms with van der Waals surface area (Å²) < 4.78 is 4.72. The van der Waals surface area contributed by atoms with Gasteiger partial charge in [-0.15, -0.1) is 0 Å². The summed E-state index contributed by atoms with van der Waals surface area (Å²) in [6.07, 6.45) is 0.229. The third-order valence-electron chi connectivity index (χ3n) is 1.89. The van der Waals surface area contributed by atoms with Crippen LogP contribution < -0.4 is 11.5 Å². The van der Waals surface area contributed by atoms with Crippen molar-refractivity contribution >= 4 is 11.6 Å². The van der Waals surface area contributed by atoms with Crippen LogP contribution in [0.5, 0.6) is 0 Å². The molecule has 0 aromatic carbocycles. The molecule has 0 heterocycles. The standard InChI is InChI=1S/C9H16N4O4/c1-3-6(10)8(13(15)16)7(9(11)14)12-4-5-17-2/h3-5,10H2,1-2H3,(H2,11,14). The molecule has 8 heteroatoms. The van der Waals surface area contributed by atoms with Crippen molar-refractivity contribution in [3.05, 3.63) is 21.5 Å². The van der Waals surface area contributed by atoms with Crippen LogP contribution in [0.3, 0.4) is 0 Å². The van der Waals surface area contributed by atoms with Gasteiger partial charge in [0.2, 0.25) is 5.71 Å². The molecule has 0 spiro atoms. The first kappa shape index (κ1) is 15.0. The number of primary amides is 1. The summed E-state index contributed by atoms with van der Waals surface area (Å²) in [5.74, 6) is -0.982. The van der Waals surface area contributed by atoms with Crippen molar-refractivity contribution in [1.82, 2.24) is 0 Å². The number of ether oxygens (including phenoxy) is 1. The summed E-state index contributed by atoms with van der Waals surface area (Å²) in [6.45, 7) is 1.96. The van der Waals surface area contributed by atoms with Crippen LogP contribution in [-0.2, 0) is 9.53 Å². The lowest BCUT2D eigenvalue weighted by atomic mass is 10.2. The van der Waals surface area contributed by atoms with Crippen LogP contribution >= 0.6 is 0 Å². The highest BCUT2D eigenvalue weighted by Crippen LogP contribution is 2.07. The minimum Gasteiger partial charge on any atom is -0.396 e. The predicted molar refractivity (Wildman–Crippen MR) is 61.9 cm³/mol. The van der Waals surface area contributed by atoms with Gasteiger partial charge in [-0.1, -0.05) is 6.92 Å². The van der Waals surface area contributed by atoms with Crippen LogP contribution in [0.2, 0.25) is 0 Å². The Labute approximate surface area is 98.5 Å². The predicted octanol–water partition coefficient (Wildman–Crippen LogP) is -0.584. The Hall–Kier alpha value is -1.96. The Balaban J connectivity index is 5.35. The molecule has 0 fully saturated rings. The van der Waals surface area contributed by atoms with Gasteiger partial charge >= 0.3 is 5.70 Å². The van der Waals surface area contributed by atoms with E-state index in [0.717, 1.165) is 0 Å². The monoisotopic (exact) mass is 244 g/mol. The summed E-state index contributed by atoms with van der Waals surface area (Å²) in [7, 11) is 1.45. The molecule has 1 amide bonds. The number of allylic oxidation sites excluding steroid dienone is 1. The number of rotatable bonds is 7. The summed E-state index contributed by atoms with van der Waals surface area (Å²) in [6, 6.07) is 0. The van der Waals surface area contributed by atoms with Gasteiger partial charge in [-0.05, 0) is 6.42 Å². The fraction of sp³-hybridized carbons (Fsp3) is 0.556. The van der Waals surface area contributed by atoms with Crippen molar-refractivity contribution in [1.29, 1.82) is 0 Å². The average Bonchev–Trinajstić information content (AvgIpc) is 2.26. The fourth-order valence-corrected chi connectivity index (χ4v) is 1.04. The number of carbonyl (C=O) groups is 1. The Morgan fingerprint density at radius 1 is 1.47 bits per heavy atom. The highest BCUT2D eigenvalue weighted by atomic mass is 16.6. The zero-order valence-electron chi connectivity index (χ0n) is 9.80. The smallest absolute Gasteiger partial charge is 0.318 e. The minimum atomic E-state index is -0.982. The molecule has 0 radical (unpaired) electrons. The van der Waals surface area contributed by atoms with E-state index in [0.29, 0.717) is 0 Å². The van der Waals surface area contributed by atoms with Crippen molar-refractivity contribution < 1.29 is 14.5 Å². The second-order valence-electron chi connectivity index (χ2n) is 3.07.